The maximum absolute atomic E-state index is 13.1. The first kappa shape index (κ1) is 18.1. The van der Waals surface area contributed by atoms with E-state index in [1.54, 1.807) is 12.1 Å². The highest BCUT2D eigenvalue weighted by molar-refractivity contribution is 6.26. The summed E-state index contributed by atoms with van der Waals surface area (Å²) in [6.45, 7) is 2.03. The first-order chi connectivity index (χ1) is 11.6. The molecule has 0 fully saturated rings. The fourth-order valence-corrected chi connectivity index (χ4v) is 3.04. The molecule has 0 spiro atoms. The molecule has 0 amide bonds. The molecule has 0 saturated heterocycles. The Hall–Kier alpha value is -2.23. The van der Waals surface area contributed by atoms with E-state index < -0.39 is 0 Å². The molecular weight excluding hydrogens is 307 g/mol. The minimum atomic E-state index is -0.302. The monoisotopic (exact) mass is 330 g/mol. The Bertz CT molecular complexity index is 669. The fraction of sp³-hybridized carbons (Fsp3) is 0.400. The van der Waals surface area contributed by atoms with Crippen molar-refractivity contribution >= 4 is 17.3 Å². The summed E-state index contributed by atoms with van der Waals surface area (Å²) < 4.78 is 17.7. The molecular formula is C20H23FO3. The lowest BCUT2D eigenvalue weighted by Gasteiger charge is -2.06. The van der Waals surface area contributed by atoms with E-state index in [-0.39, 0.29) is 17.6 Å². The number of methoxy groups -OCH3 is 1. The van der Waals surface area contributed by atoms with Gasteiger partial charge < -0.3 is 4.74 Å². The third-order valence-corrected chi connectivity index (χ3v) is 4.26. The van der Waals surface area contributed by atoms with Crippen LogP contribution in [0.25, 0.3) is 5.57 Å². The molecule has 0 saturated carbocycles. The zero-order valence-electron chi connectivity index (χ0n) is 14.2. The number of hydrogen-bond acceptors (Lipinski definition) is 3. The van der Waals surface area contributed by atoms with Crippen LogP contribution in [0.4, 0.5) is 4.39 Å². The molecule has 2 rings (SSSR count). The molecule has 1 aliphatic rings. The topological polar surface area (TPSA) is 43.4 Å². The normalized spacial score (nSPS) is 16.1. The number of esters is 1. The highest BCUT2D eigenvalue weighted by Crippen LogP contribution is 2.37. The van der Waals surface area contributed by atoms with Crippen molar-refractivity contribution in [1.82, 2.24) is 0 Å². The number of allylic oxidation sites excluding steroid dienone is 4. The minimum absolute atomic E-state index is 0.0965. The Morgan fingerprint density at radius 1 is 1.25 bits per heavy atom. The number of carbonyl (C=O) groups is 2. The van der Waals surface area contributed by atoms with E-state index in [2.05, 4.69) is 10.8 Å². The van der Waals surface area contributed by atoms with Crippen LogP contribution in [0.5, 0.6) is 0 Å². The van der Waals surface area contributed by atoms with Gasteiger partial charge >= 0.3 is 5.97 Å². The number of halogens is 1. The van der Waals surface area contributed by atoms with Crippen molar-refractivity contribution in [1.29, 1.82) is 0 Å². The minimum Gasteiger partial charge on any atom is -0.469 e. The second kappa shape index (κ2) is 8.57. The van der Waals surface area contributed by atoms with E-state index in [0.29, 0.717) is 12.8 Å². The van der Waals surface area contributed by atoms with Crippen LogP contribution in [0.3, 0.4) is 0 Å². The maximum Gasteiger partial charge on any atom is 0.305 e. The molecule has 0 atom stereocenters. The van der Waals surface area contributed by atoms with Gasteiger partial charge in [0.1, 0.15) is 5.82 Å². The standard InChI is InChI=1S/C20H23FO3/c1-3-17-15(7-5-4-6-8-19(23)24-2)13-18(22)20(17)14-9-11-16(21)12-10-14/h7,9-12H,3-6,8,13H2,1-2H3/b15-7+. The molecule has 0 aromatic heterocycles. The van der Waals surface area contributed by atoms with Crippen molar-refractivity contribution < 1.29 is 18.7 Å². The van der Waals surface area contributed by atoms with Gasteiger partial charge in [0, 0.05) is 18.4 Å². The van der Waals surface area contributed by atoms with Gasteiger partial charge in [-0.15, -0.1) is 0 Å². The Kier molecular flexibility index (Phi) is 6.47. The number of unbranched alkanes of at least 4 members (excludes halogenated alkanes) is 2. The maximum atomic E-state index is 13.1. The number of ketones is 1. The summed E-state index contributed by atoms with van der Waals surface area (Å²) in [5.41, 5.74) is 3.63. The summed E-state index contributed by atoms with van der Waals surface area (Å²) in [6, 6.07) is 6.10. The smallest absolute Gasteiger partial charge is 0.305 e. The van der Waals surface area contributed by atoms with Crippen LogP contribution in [-0.4, -0.2) is 18.9 Å². The van der Waals surface area contributed by atoms with Gasteiger partial charge in [0.15, 0.2) is 5.78 Å². The highest BCUT2D eigenvalue weighted by Gasteiger charge is 2.27. The molecule has 0 aliphatic heterocycles. The molecule has 4 heteroatoms. The van der Waals surface area contributed by atoms with Crippen molar-refractivity contribution in [3.05, 3.63) is 52.9 Å². The number of ether oxygens (including phenoxy) is 1. The van der Waals surface area contributed by atoms with Crippen molar-refractivity contribution in [3.8, 4) is 0 Å². The zero-order chi connectivity index (χ0) is 17.5. The van der Waals surface area contributed by atoms with Crippen molar-refractivity contribution in [2.75, 3.05) is 7.11 Å². The molecule has 0 bridgehead atoms. The second-order valence-corrected chi connectivity index (χ2v) is 5.87. The van der Waals surface area contributed by atoms with E-state index >= 15 is 0 Å². The van der Waals surface area contributed by atoms with Gasteiger partial charge in [-0.25, -0.2) is 4.39 Å². The van der Waals surface area contributed by atoms with Crippen molar-refractivity contribution in [2.24, 2.45) is 0 Å². The van der Waals surface area contributed by atoms with E-state index in [1.165, 1.54) is 19.2 Å². The van der Waals surface area contributed by atoms with E-state index in [0.717, 1.165) is 48.0 Å². The Labute approximate surface area is 142 Å². The fourth-order valence-electron chi connectivity index (χ4n) is 3.04. The van der Waals surface area contributed by atoms with E-state index in [9.17, 15) is 14.0 Å². The molecule has 24 heavy (non-hydrogen) atoms. The Balaban J connectivity index is 2.08. The second-order valence-electron chi connectivity index (χ2n) is 5.87. The van der Waals surface area contributed by atoms with E-state index in [1.807, 2.05) is 6.92 Å². The molecule has 1 aromatic rings. The number of benzene rings is 1. The van der Waals surface area contributed by atoms with Gasteiger partial charge in [-0.3, -0.25) is 9.59 Å². The largest absolute Gasteiger partial charge is 0.469 e. The molecule has 0 heterocycles. The van der Waals surface area contributed by atoms with Crippen LogP contribution in [0.15, 0.2) is 41.5 Å². The average molecular weight is 330 g/mol. The van der Waals surface area contributed by atoms with Gasteiger partial charge in [0.05, 0.1) is 7.11 Å². The van der Waals surface area contributed by atoms with Crippen LogP contribution >= 0.6 is 0 Å². The van der Waals surface area contributed by atoms with Crippen LogP contribution in [0, 0.1) is 5.82 Å². The van der Waals surface area contributed by atoms with Gasteiger partial charge in [-0.2, -0.15) is 0 Å². The molecule has 1 aliphatic carbocycles. The molecule has 1 aromatic carbocycles. The SMILES string of the molecule is CCC1=C(c2ccc(F)cc2)C(=O)C/C1=C\CCCCC(=O)OC. The summed E-state index contributed by atoms with van der Waals surface area (Å²) in [5, 5.41) is 0. The number of rotatable bonds is 7. The van der Waals surface area contributed by atoms with Gasteiger partial charge in [0.2, 0.25) is 0 Å². The molecule has 0 radical (unpaired) electrons. The lowest BCUT2D eigenvalue weighted by molar-refractivity contribution is -0.140. The van der Waals surface area contributed by atoms with Crippen LogP contribution in [0.2, 0.25) is 0 Å². The van der Waals surface area contributed by atoms with Crippen LogP contribution in [-0.2, 0) is 14.3 Å². The summed E-state index contributed by atoms with van der Waals surface area (Å²) in [5.74, 6) is -0.394. The summed E-state index contributed by atoms with van der Waals surface area (Å²) in [4.78, 5) is 23.5. The molecule has 3 nitrogen and oxygen atoms in total. The quantitative estimate of drug-likeness (QED) is 0.541. The van der Waals surface area contributed by atoms with E-state index in [4.69, 9.17) is 0 Å². The molecule has 0 unspecified atom stereocenters. The van der Waals surface area contributed by atoms with Gasteiger partial charge in [-0.05, 0) is 54.5 Å². The Morgan fingerprint density at radius 3 is 2.58 bits per heavy atom. The third kappa shape index (κ3) is 4.40. The molecule has 0 N–H and O–H groups in total. The third-order valence-electron chi connectivity index (χ3n) is 4.26. The van der Waals surface area contributed by atoms with Crippen LogP contribution < -0.4 is 0 Å². The van der Waals surface area contributed by atoms with Crippen molar-refractivity contribution in [2.45, 2.75) is 45.4 Å². The lowest BCUT2D eigenvalue weighted by Crippen LogP contribution is -1.98. The Morgan fingerprint density at radius 2 is 1.96 bits per heavy atom. The van der Waals surface area contributed by atoms with Crippen molar-refractivity contribution in [3.63, 3.8) is 0 Å². The number of Topliss-reactive ketones (excluding diaryl/α,β-unsaturated/α-hetero) is 1. The van der Waals surface area contributed by atoms with Gasteiger partial charge in [-0.1, -0.05) is 25.1 Å². The average Bonchev–Trinajstić information content (AvgIpc) is 2.90. The molecule has 128 valence electrons. The first-order valence-electron chi connectivity index (χ1n) is 8.35. The summed E-state index contributed by atoms with van der Waals surface area (Å²) >= 11 is 0. The highest BCUT2D eigenvalue weighted by atomic mass is 19.1. The van der Waals surface area contributed by atoms with Crippen LogP contribution in [0.1, 0.15) is 51.0 Å². The first-order valence-corrected chi connectivity index (χ1v) is 8.35. The van der Waals surface area contributed by atoms with Gasteiger partial charge in [0.25, 0.3) is 0 Å². The summed E-state index contributed by atoms with van der Waals surface area (Å²) in [7, 11) is 1.39. The number of hydrogen-bond donors (Lipinski definition) is 0. The lowest BCUT2D eigenvalue weighted by atomic mass is 9.98. The predicted octanol–water partition coefficient (Wildman–Crippen LogP) is 4.62. The zero-order valence-corrected chi connectivity index (χ0v) is 14.2. The predicted molar refractivity (Wildman–Crippen MR) is 91.8 cm³/mol. The number of carbonyl (C=O) groups excluding carboxylic acids is 2. The summed E-state index contributed by atoms with van der Waals surface area (Å²) in [6.07, 6.45) is 6.20.